The molecule has 1 aliphatic carbocycles. The van der Waals surface area contributed by atoms with E-state index >= 15 is 0 Å². The molecule has 3 unspecified atom stereocenters. The van der Waals surface area contributed by atoms with Crippen LogP contribution in [0.25, 0.3) is 0 Å². The second-order valence-electron chi connectivity index (χ2n) is 6.40. The van der Waals surface area contributed by atoms with Gasteiger partial charge in [-0.3, -0.25) is 0 Å². The lowest BCUT2D eigenvalue weighted by Crippen LogP contribution is -2.36. The molecule has 4 heteroatoms. The van der Waals surface area contributed by atoms with Crippen LogP contribution >= 0.6 is 0 Å². The Balaban J connectivity index is 2.28. The molecule has 0 spiro atoms. The summed E-state index contributed by atoms with van der Waals surface area (Å²) in [7, 11) is 0. The Kier molecular flexibility index (Phi) is 4.86. The van der Waals surface area contributed by atoms with Gasteiger partial charge in [-0.2, -0.15) is 0 Å². The molecular weight excluding hydrogens is 271 g/mol. The smallest absolute Gasteiger partial charge is 0.339 e. The Morgan fingerprint density at radius 3 is 2.71 bits per heavy atom. The van der Waals surface area contributed by atoms with Crippen LogP contribution in [0.4, 0.5) is 4.39 Å². The monoisotopic (exact) mass is 294 g/mol. The van der Waals surface area contributed by atoms with Crippen LogP contribution in [0.1, 0.15) is 50.4 Å². The van der Waals surface area contributed by atoms with Gasteiger partial charge in [0, 0.05) is 0 Å². The molecule has 3 atom stereocenters. The number of carboxylic acids is 1. The van der Waals surface area contributed by atoms with Crippen molar-refractivity contribution in [3.05, 3.63) is 29.6 Å². The lowest BCUT2D eigenvalue weighted by atomic mass is 9.75. The molecule has 1 aromatic rings. The number of carboxylic acid groups (broad SMARTS) is 1. The highest BCUT2D eigenvalue weighted by molar-refractivity contribution is 5.90. The van der Waals surface area contributed by atoms with E-state index in [1.165, 1.54) is 18.2 Å². The summed E-state index contributed by atoms with van der Waals surface area (Å²) >= 11 is 0. The third-order valence-corrected chi connectivity index (χ3v) is 4.43. The van der Waals surface area contributed by atoms with Crippen molar-refractivity contribution in [3.8, 4) is 5.75 Å². The molecular formula is C17H23FO3. The van der Waals surface area contributed by atoms with E-state index in [1.807, 2.05) is 0 Å². The number of benzene rings is 1. The zero-order valence-corrected chi connectivity index (χ0v) is 12.8. The number of ether oxygens (including phenoxy) is 1. The van der Waals surface area contributed by atoms with Crippen LogP contribution in [0, 0.1) is 23.6 Å². The van der Waals surface area contributed by atoms with Gasteiger partial charge in [0.15, 0.2) is 11.6 Å². The third-order valence-electron chi connectivity index (χ3n) is 4.43. The SMILES string of the molecule is CC1CCC(C(C)C)C(Oc2c(F)cccc2C(=O)O)C1. The summed E-state index contributed by atoms with van der Waals surface area (Å²) < 4.78 is 19.9. The van der Waals surface area contributed by atoms with E-state index in [9.17, 15) is 14.3 Å². The summed E-state index contributed by atoms with van der Waals surface area (Å²) in [6.07, 6.45) is 2.91. The number of para-hydroxylation sites is 1. The van der Waals surface area contributed by atoms with Gasteiger partial charge in [0.05, 0.1) is 0 Å². The molecule has 2 rings (SSSR count). The Morgan fingerprint density at radius 2 is 2.10 bits per heavy atom. The fourth-order valence-corrected chi connectivity index (χ4v) is 3.20. The lowest BCUT2D eigenvalue weighted by Gasteiger charge is -2.37. The zero-order chi connectivity index (χ0) is 15.6. The molecule has 0 heterocycles. The van der Waals surface area contributed by atoms with E-state index in [-0.39, 0.29) is 17.4 Å². The molecule has 0 saturated heterocycles. The molecule has 0 bridgehead atoms. The molecule has 0 radical (unpaired) electrons. The molecule has 1 aliphatic rings. The second kappa shape index (κ2) is 6.46. The number of halogens is 1. The predicted molar refractivity (Wildman–Crippen MR) is 79.1 cm³/mol. The molecule has 1 fully saturated rings. The summed E-state index contributed by atoms with van der Waals surface area (Å²) in [5, 5.41) is 9.20. The van der Waals surface area contributed by atoms with Gasteiger partial charge in [-0.15, -0.1) is 0 Å². The quantitative estimate of drug-likeness (QED) is 0.897. The summed E-state index contributed by atoms with van der Waals surface area (Å²) in [5.41, 5.74) is -0.101. The van der Waals surface area contributed by atoms with Crippen molar-refractivity contribution < 1.29 is 19.0 Å². The maximum Gasteiger partial charge on any atom is 0.339 e. The van der Waals surface area contributed by atoms with Gasteiger partial charge in [-0.25, -0.2) is 9.18 Å². The van der Waals surface area contributed by atoms with Crippen LogP contribution in [0.2, 0.25) is 0 Å². The number of carbonyl (C=O) groups is 1. The Labute approximate surface area is 125 Å². The van der Waals surface area contributed by atoms with Crippen LogP contribution in [-0.4, -0.2) is 17.2 Å². The highest BCUT2D eigenvalue weighted by Crippen LogP contribution is 2.37. The largest absolute Gasteiger partial charge is 0.486 e. The van der Waals surface area contributed by atoms with E-state index < -0.39 is 11.8 Å². The van der Waals surface area contributed by atoms with Gasteiger partial charge in [-0.1, -0.05) is 33.3 Å². The van der Waals surface area contributed by atoms with Gasteiger partial charge in [0.1, 0.15) is 11.7 Å². The van der Waals surface area contributed by atoms with Gasteiger partial charge in [0.2, 0.25) is 0 Å². The molecule has 1 N–H and O–H groups in total. The maximum atomic E-state index is 14.0. The molecule has 1 aromatic carbocycles. The van der Waals surface area contributed by atoms with Crippen molar-refractivity contribution in [3.63, 3.8) is 0 Å². The number of rotatable bonds is 4. The van der Waals surface area contributed by atoms with Crippen LogP contribution in [0.3, 0.4) is 0 Å². The topological polar surface area (TPSA) is 46.5 Å². The first-order valence-electron chi connectivity index (χ1n) is 7.58. The molecule has 0 amide bonds. The van der Waals surface area contributed by atoms with Crippen molar-refractivity contribution in [2.75, 3.05) is 0 Å². The van der Waals surface area contributed by atoms with Crippen molar-refractivity contribution in [2.45, 2.75) is 46.1 Å². The molecule has 0 aliphatic heterocycles. The highest BCUT2D eigenvalue weighted by Gasteiger charge is 2.33. The first kappa shape index (κ1) is 15.8. The van der Waals surface area contributed by atoms with Crippen molar-refractivity contribution in [1.82, 2.24) is 0 Å². The Hall–Kier alpha value is -1.58. The Morgan fingerprint density at radius 1 is 1.38 bits per heavy atom. The van der Waals surface area contributed by atoms with E-state index in [4.69, 9.17) is 4.74 Å². The normalized spacial score (nSPS) is 25.9. The van der Waals surface area contributed by atoms with Crippen molar-refractivity contribution in [1.29, 1.82) is 0 Å². The number of hydrogen-bond acceptors (Lipinski definition) is 2. The van der Waals surface area contributed by atoms with Gasteiger partial charge >= 0.3 is 5.97 Å². The standard InChI is InChI=1S/C17H23FO3/c1-10(2)12-8-7-11(3)9-15(12)21-16-13(17(19)20)5-4-6-14(16)18/h4-6,10-12,15H,7-9H2,1-3H3,(H,19,20). The maximum absolute atomic E-state index is 14.0. The average Bonchev–Trinajstić information content (AvgIpc) is 2.40. The van der Waals surface area contributed by atoms with Gasteiger partial charge < -0.3 is 9.84 Å². The van der Waals surface area contributed by atoms with Crippen LogP contribution in [0.5, 0.6) is 5.75 Å². The third kappa shape index (κ3) is 3.55. The number of hydrogen-bond donors (Lipinski definition) is 1. The van der Waals surface area contributed by atoms with Crippen molar-refractivity contribution in [2.24, 2.45) is 17.8 Å². The molecule has 1 saturated carbocycles. The first-order chi connectivity index (χ1) is 9.90. The molecule has 21 heavy (non-hydrogen) atoms. The van der Waals surface area contributed by atoms with E-state index in [0.717, 1.165) is 19.3 Å². The highest BCUT2D eigenvalue weighted by atomic mass is 19.1. The summed E-state index contributed by atoms with van der Waals surface area (Å²) in [6, 6.07) is 4.03. The predicted octanol–water partition coefficient (Wildman–Crippen LogP) is 4.36. The number of aromatic carboxylic acids is 1. The average molecular weight is 294 g/mol. The van der Waals surface area contributed by atoms with Gasteiger partial charge in [-0.05, 0) is 42.7 Å². The minimum Gasteiger partial charge on any atom is -0.486 e. The van der Waals surface area contributed by atoms with Crippen molar-refractivity contribution >= 4 is 5.97 Å². The fourth-order valence-electron chi connectivity index (χ4n) is 3.20. The fraction of sp³-hybridized carbons (Fsp3) is 0.588. The Bertz CT molecular complexity index is 513. The lowest BCUT2D eigenvalue weighted by molar-refractivity contribution is 0.0408. The zero-order valence-electron chi connectivity index (χ0n) is 12.8. The molecule has 0 aromatic heterocycles. The summed E-state index contributed by atoms with van der Waals surface area (Å²) in [5.74, 6) is -0.588. The van der Waals surface area contributed by atoms with E-state index in [0.29, 0.717) is 17.8 Å². The van der Waals surface area contributed by atoms with Crippen LogP contribution in [0.15, 0.2) is 18.2 Å². The van der Waals surface area contributed by atoms with Gasteiger partial charge in [0.25, 0.3) is 0 Å². The summed E-state index contributed by atoms with van der Waals surface area (Å²) in [4.78, 5) is 11.2. The molecule has 3 nitrogen and oxygen atoms in total. The van der Waals surface area contributed by atoms with E-state index in [2.05, 4.69) is 20.8 Å². The second-order valence-corrected chi connectivity index (χ2v) is 6.40. The summed E-state index contributed by atoms with van der Waals surface area (Å²) in [6.45, 7) is 6.43. The van der Waals surface area contributed by atoms with Crippen LogP contribution in [-0.2, 0) is 0 Å². The van der Waals surface area contributed by atoms with Crippen LogP contribution < -0.4 is 4.74 Å². The molecule has 116 valence electrons. The minimum atomic E-state index is -1.16. The first-order valence-corrected chi connectivity index (χ1v) is 7.58. The van der Waals surface area contributed by atoms with E-state index in [1.54, 1.807) is 0 Å². The minimum absolute atomic E-state index is 0.101.